The van der Waals surface area contributed by atoms with E-state index in [-0.39, 0.29) is 22.4 Å². The van der Waals surface area contributed by atoms with Gasteiger partial charge in [-0.15, -0.1) is 0 Å². The SMILES string of the molecule is COC(=O)CCCCCNc1cc(F)c(Cl)cc1[N+](=O)[O-]. The van der Waals surface area contributed by atoms with Crippen LogP contribution in [0.4, 0.5) is 15.8 Å². The summed E-state index contributed by atoms with van der Waals surface area (Å²) >= 11 is 5.52. The van der Waals surface area contributed by atoms with Crippen LogP contribution < -0.4 is 5.32 Å². The van der Waals surface area contributed by atoms with Crippen LogP contribution in [0.25, 0.3) is 0 Å². The van der Waals surface area contributed by atoms with Gasteiger partial charge >= 0.3 is 5.97 Å². The van der Waals surface area contributed by atoms with Crippen LogP contribution in [-0.2, 0) is 9.53 Å². The molecule has 0 saturated carbocycles. The maximum Gasteiger partial charge on any atom is 0.305 e. The number of unbranched alkanes of at least 4 members (excludes halogenated alkanes) is 2. The van der Waals surface area contributed by atoms with Crippen molar-refractivity contribution in [3.8, 4) is 0 Å². The predicted octanol–water partition coefficient (Wildman–Crippen LogP) is 3.53. The van der Waals surface area contributed by atoms with Gasteiger partial charge in [0.05, 0.1) is 17.1 Å². The number of nitrogens with zero attached hydrogens (tertiary/aromatic N) is 1. The number of ether oxygens (including phenoxy) is 1. The molecule has 0 radical (unpaired) electrons. The molecule has 0 amide bonds. The van der Waals surface area contributed by atoms with Crippen molar-refractivity contribution in [2.45, 2.75) is 25.7 Å². The molecule has 0 aliphatic rings. The topological polar surface area (TPSA) is 81.5 Å². The van der Waals surface area contributed by atoms with Crippen molar-refractivity contribution in [1.82, 2.24) is 0 Å². The standard InChI is InChI=1S/C13H16ClFN2O4/c1-21-13(18)5-3-2-4-6-16-11-8-10(15)9(14)7-12(11)17(19)20/h7-8,16H,2-6H2,1H3. The Bertz CT molecular complexity index is 525. The zero-order chi connectivity index (χ0) is 15.8. The summed E-state index contributed by atoms with van der Waals surface area (Å²) in [5, 5.41) is 13.4. The Morgan fingerprint density at radius 1 is 1.43 bits per heavy atom. The normalized spacial score (nSPS) is 10.2. The first kappa shape index (κ1) is 17.2. The van der Waals surface area contributed by atoms with Crippen molar-refractivity contribution in [2.24, 2.45) is 0 Å². The highest BCUT2D eigenvalue weighted by atomic mass is 35.5. The molecule has 0 aromatic heterocycles. The first-order chi connectivity index (χ1) is 9.95. The van der Waals surface area contributed by atoms with Gasteiger partial charge in [0.25, 0.3) is 5.69 Å². The molecular weight excluding hydrogens is 303 g/mol. The first-order valence-electron chi connectivity index (χ1n) is 6.40. The van der Waals surface area contributed by atoms with Crippen LogP contribution in [-0.4, -0.2) is 24.5 Å². The average Bonchev–Trinajstić information content (AvgIpc) is 2.45. The van der Waals surface area contributed by atoms with E-state index in [2.05, 4.69) is 10.1 Å². The van der Waals surface area contributed by atoms with E-state index in [1.165, 1.54) is 7.11 Å². The monoisotopic (exact) mass is 318 g/mol. The smallest absolute Gasteiger partial charge is 0.305 e. The molecule has 21 heavy (non-hydrogen) atoms. The predicted molar refractivity (Wildman–Crippen MR) is 77.0 cm³/mol. The molecule has 0 heterocycles. The van der Waals surface area contributed by atoms with Gasteiger partial charge in [-0.05, 0) is 12.8 Å². The maximum atomic E-state index is 13.3. The van der Waals surface area contributed by atoms with Crippen molar-refractivity contribution < 1.29 is 18.8 Å². The Morgan fingerprint density at radius 2 is 2.14 bits per heavy atom. The summed E-state index contributed by atoms with van der Waals surface area (Å²) in [6.45, 7) is 0.434. The second-order valence-corrected chi connectivity index (χ2v) is 4.76. The van der Waals surface area contributed by atoms with Gasteiger partial charge in [-0.3, -0.25) is 14.9 Å². The zero-order valence-corrected chi connectivity index (χ0v) is 12.3. The van der Waals surface area contributed by atoms with E-state index >= 15 is 0 Å². The second kappa shape index (κ2) is 8.41. The van der Waals surface area contributed by atoms with E-state index in [1.807, 2.05) is 0 Å². The molecule has 0 bridgehead atoms. The number of nitro benzene ring substituents is 1. The number of carbonyl (C=O) groups excluding carboxylic acids is 1. The Kier molecular flexibility index (Phi) is 6.87. The number of methoxy groups -OCH3 is 1. The highest BCUT2D eigenvalue weighted by Crippen LogP contribution is 2.30. The van der Waals surface area contributed by atoms with Crippen LogP contribution >= 0.6 is 11.6 Å². The Balaban J connectivity index is 2.46. The van der Waals surface area contributed by atoms with Crippen LogP contribution in [0, 0.1) is 15.9 Å². The molecule has 1 aromatic rings. The average molecular weight is 319 g/mol. The largest absolute Gasteiger partial charge is 0.469 e. The summed E-state index contributed by atoms with van der Waals surface area (Å²) < 4.78 is 17.8. The Hall–Kier alpha value is -1.89. The lowest BCUT2D eigenvalue weighted by Gasteiger charge is -2.08. The third-order valence-electron chi connectivity index (χ3n) is 2.84. The Morgan fingerprint density at radius 3 is 2.76 bits per heavy atom. The van der Waals surface area contributed by atoms with E-state index in [0.29, 0.717) is 25.8 Å². The molecule has 0 unspecified atom stereocenters. The lowest BCUT2D eigenvalue weighted by Crippen LogP contribution is -2.06. The number of benzene rings is 1. The van der Waals surface area contributed by atoms with Gasteiger partial charge in [-0.1, -0.05) is 18.0 Å². The Labute approximate surface area is 126 Å². The molecule has 1 aromatic carbocycles. The summed E-state index contributed by atoms with van der Waals surface area (Å²) in [5.74, 6) is -0.978. The quantitative estimate of drug-likeness (QED) is 0.343. The van der Waals surface area contributed by atoms with Gasteiger partial charge < -0.3 is 10.1 Å². The molecule has 0 spiro atoms. The summed E-state index contributed by atoms with van der Waals surface area (Å²) in [6.07, 6.45) is 2.46. The fourth-order valence-electron chi connectivity index (χ4n) is 1.73. The fraction of sp³-hybridized carbons (Fsp3) is 0.462. The van der Waals surface area contributed by atoms with Crippen molar-refractivity contribution in [3.63, 3.8) is 0 Å². The highest BCUT2D eigenvalue weighted by molar-refractivity contribution is 6.31. The molecule has 8 heteroatoms. The molecule has 0 atom stereocenters. The minimum Gasteiger partial charge on any atom is -0.469 e. The van der Waals surface area contributed by atoms with E-state index in [0.717, 1.165) is 18.6 Å². The summed E-state index contributed by atoms with van der Waals surface area (Å²) in [4.78, 5) is 21.1. The van der Waals surface area contributed by atoms with Crippen molar-refractivity contribution >= 4 is 28.9 Å². The molecule has 1 rings (SSSR count). The molecule has 1 N–H and O–H groups in total. The molecular formula is C13H16ClFN2O4. The third-order valence-corrected chi connectivity index (χ3v) is 3.13. The van der Waals surface area contributed by atoms with Crippen LogP contribution in [0.5, 0.6) is 0 Å². The second-order valence-electron chi connectivity index (χ2n) is 4.35. The van der Waals surface area contributed by atoms with Gasteiger partial charge in [-0.2, -0.15) is 0 Å². The fourth-order valence-corrected chi connectivity index (χ4v) is 1.88. The van der Waals surface area contributed by atoms with E-state index in [9.17, 15) is 19.3 Å². The molecule has 0 aliphatic carbocycles. The van der Waals surface area contributed by atoms with Crippen molar-refractivity contribution in [2.75, 3.05) is 19.0 Å². The number of nitrogens with one attached hydrogen (secondary N) is 1. The van der Waals surface area contributed by atoms with Crippen LogP contribution in [0.3, 0.4) is 0 Å². The summed E-state index contributed by atoms with van der Waals surface area (Å²) in [5.41, 5.74) is -0.175. The molecule has 116 valence electrons. The number of nitro groups is 1. The summed E-state index contributed by atoms with van der Waals surface area (Å²) in [6, 6.07) is 1.99. The maximum absolute atomic E-state index is 13.3. The molecule has 0 aliphatic heterocycles. The number of anilines is 1. The number of esters is 1. The van der Waals surface area contributed by atoms with Gasteiger partial charge in [0.2, 0.25) is 0 Å². The molecule has 0 fully saturated rings. The number of rotatable bonds is 8. The number of hydrogen-bond acceptors (Lipinski definition) is 5. The minimum atomic E-state index is -0.713. The zero-order valence-electron chi connectivity index (χ0n) is 11.5. The van der Waals surface area contributed by atoms with Gasteiger partial charge in [0, 0.05) is 25.1 Å². The lowest BCUT2D eigenvalue weighted by atomic mass is 10.2. The number of carbonyl (C=O) groups is 1. The summed E-state index contributed by atoms with van der Waals surface area (Å²) in [7, 11) is 1.33. The molecule has 0 saturated heterocycles. The lowest BCUT2D eigenvalue weighted by molar-refractivity contribution is -0.384. The van der Waals surface area contributed by atoms with Crippen LogP contribution in [0.2, 0.25) is 5.02 Å². The van der Waals surface area contributed by atoms with Gasteiger partial charge in [0.1, 0.15) is 11.5 Å². The van der Waals surface area contributed by atoms with Crippen molar-refractivity contribution in [1.29, 1.82) is 0 Å². The van der Waals surface area contributed by atoms with Gasteiger partial charge in [-0.25, -0.2) is 4.39 Å². The van der Waals surface area contributed by atoms with E-state index in [1.54, 1.807) is 0 Å². The number of hydrogen-bond donors (Lipinski definition) is 1. The van der Waals surface area contributed by atoms with Crippen LogP contribution in [0.15, 0.2) is 12.1 Å². The van der Waals surface area contributed by atoms with Crippen molar-refractivity contribution in [3.05, 3.63) is 33.1 Å². The molecule has 6 nitrogen and oxygen atoms in total. The van der Waals surface area contributed by atoms with Gasteiger partial charge in [0.15, 0.2) is 0 Å². The minimum absolute atomic E-state index is 0.0925. The number of halogens is 2. The van der Waals surface area contributed by atoms with Crippen LogP contribution in [0.1, 0.15) is 25.7 Å². The third kappa shape index (κ3) is 5.55. The highest BCUT2D eigenvalue weighted by Gasteiger charge is 2.17. The van der Waals surface area contributed by atoms with E-state index < -0.39 is 10.7 Å². The van der Waals surface area contributed by atoms with E-state index in [4.69, 9.17) is 11.6 Å². The first-order valence-corrected chi connectivity index (χ1v) is 6.77.